The standard InChI is InChI=1S/C12H13NO3/c14-9-13-8-4-7-11(13)12(15)16-10-5-2-1-3-6-10/h1-3,5-6,9,11H,4,7-8H2. The molecule has 1 aliphatic heterocycles. The molecule has 1 aromatic rings. The van der Waals surface area contributed by atoms with Gasteiger partial charge >= 0.3 is 5.97 Å². The van der Waals surface area contributed by atoms with Crippen LogP contribution in [0.1, 0.15) is 12.8 Å². The van der Waals surface area contributed by atoms with Gasteiger partial charge in [-0.25, -0.2) is 4.79 Å². The van der Waals surface area contributed by atoms with Crippen molar-refractivity contribution in [2.75, 3.05) is 6.54 Å². The van der Waals surface area contributed by atoms with Crippen molar-refractivity contribution in [3.05, 3.63) is 30.3 Å². The highest BCUT2D eigenvalue weighted by Gasteiger charge is 2.31. The van der Waals surface area contributed by atoms with E-state index in [-0.39, 0.29) is 5.97 Å². The Balaban J connectivity index is 2.00. The Labute approximate surface area is 93.8 Å². The maximum atomic E-state index is 11.8. The fourth-order valence-corrected chi connectivity index (χ4v) is 1.84. The van der Waals surface area contributed by atoms with Gasteiger partial charge in [0.2, 0.25) is 6.41 Å². The fourth-order valence-electron chi connectivity index (χ4n) is 1.84. The third-order valence-electron chi connectivity index (χ3n) is 2.66. The maximum absolute atomic E-state index is 11.8. The predicted octanol–water partition coefficient (Wildman–Crippen LogP) is 1.21. The minimum Gasteiger partial charge on any atom is -0.425 e. The third-order valence-corrected chi connectivity index (χ3v) is 2.66. The van der Waals surface area contributed by atoms with Gasteiger partial charge in [0.25, 0.3) is 0 Å². The molecule has 0 bridgehead atoms. The van der Waals surface area contributed by atoms with Crippen molar-refractivity contribution in [2.24, 2.45) is 0 Å². The summed E-state index contributed by atoms with van der Waals surface area (Å²) < 4.78 is 5.19. The largest absolute Gasteiger partial charge is 0.425 e. The Bertz CT molecular complexity index is 377. The average Bonchev–Trinajstić information content (AvgIpc) is 2.78. The van der Waals surface area contributed by atoms with Gasteiger partial charge in [0.1, 0.15) is 11.8 Å². The van der Waals surface area contributed by atoms with Gasteiger partial charge < -0.3 is 9.64 Å². The number of ether oxygens (including phenoxy) is 1. The minimum atomic E-state index is -0.419. The maximum Gasteiger partial charge on any atom is 0.334 e. The number of esters is 1. The summed E-state index contributed by atoms with van der Waals surface area (Å²) in [4.78, 5) is 23.9. The number of amides is 1. The second-order valence-electron chi connectivity index (χ2n) is 3.74. The van der Waals surface area contributed by atoms with E-state index in [1.165, 1.54) is 4.90 Å². The molecule has 1 unspecified atom stereocenters. The van der Waals surface area contributed by atoms with E-state index in [4.69, 9.17) is 4.74 Å². The van der Waals surface area contributed by atoms with Crippen LogP contribution in [0.5, 0.6) is 5.75 Å². The van der Waals surface area contributed by atoms with Crippen molar-refractivity contribution in [2.45, 2.75) is 18.9 Å². The van der Waals surface area contributed by atoms with E-state index in [0.29, 0.717) is 25.1 Å². The zero-order chi connectivity index (χ0) is 11.4. The third kappa shape index (κ3) is 2.21. The zero-order valence-corrected chi connectivity index (χ0v) is 8.83. The smallest absolute Gasteiger partial charge is 0.334 e. The summed E-state index contributed by atoms with van der Waals surface area (Å²) in [5.41, 5.74) is 0. The number of likely N-dealkylation sites (tertiary alicyclic amines) is 1. The molecule has 4 nitrogen and oxygen atoms in total. The quantitative estimate of drug-likeness (QED) is 0.436. The topological polar surface area (TPSA) is 46.6 Å². The van der Waals surface area contributed by atoms with E-state index >= 15 is 0 Å². The van der Waals surface area contributed by atoms with Crippen molar-refractivity contribution in [1.29, 1.82) is 0 Å². The minimum absolute atomic E-state index is 0.351. The number of para-hydroxylation sites is 1. The van der Waals surface area contributed by atoms with Gasteiger partial charge in [0, 0.05) is 6.54 Å². The van der Waals surface area contributed by atoms with E-state index in [9.17, 15) is 9.59 Å². The van der Waals surface area contributed by atoms with Gasteiger partial charge in [-0.2, -0.15) is 0 Å². The first-order valence-electron chi connectivity index (χ1n) is 5.29. The lowest BCUT2D eigenvalue weighted by Crippen LogP contribution is -2.37. The van der Waals surface area contributed by atoms with E-state index in [0.717, 1.165) is 6.42 Å². The molecule has 0 saturated carbocycles. The Hall–Kier alpha value is -1.84. The summed E-state index contributed by atoms with van der Waals surface area (Å²) in [5.74, 6) is 0.168. The molecule has 1 aliphatic rings. The van der Waals surface area contributed by atoms with E-state index < -0.39 is 6.04 Å². The van der Waals surface area contributed by atoms with Crippen LogP contribution < -0.4 is 4.74 Å². The lowest BCUT2D eigenvalue weighted by atomic mass is 10.2. The monoisotopic (exact) mass is 219 g/mol. The van der Waals surface area contributed by atoms with Gasteiger partial charge in [0.15, 0.2) is 0 Å². The highest BCUT2D eigenvalue weighted by atomic mass is 16.5. The molecule has 16 heavy (non-hydrogen) atoms. The molecule has 0 aliphatic carbocycles. The molecule has 1 fully saturated rings. The van der Waals surface area contributed by atoms with Crippen molar-refractivity contribution >= 4 is 12.4 Å². The van der Waals surface area contributed by atoms with Crippen LogP contribution in [0.3, 0.4) is 0 Å². The first-order chi connectivity index (χ1) is 7.81. The summed E-state index contributed by atoms with van der Waals surface area (Å²) in [6, 6.07) is 8.47. The molecule has 84 valence electrons. The van der Waals surface area contributed by atoms with Crippen LogP contribution in [-0.4, -0.2) is 29.9 Å². The highest BCUT2D eigenvalue weighted by Crippen LogP contribution is 2.18. The number of carbonyl (C=O) groups excluding carboxylic acids is 2. The van der Waals surface area contributed by atoms with Crippen molar-refractivity contribution in [3.8, 4) is 5.75 Å². The molecule has 2 rings (SSSR count). The van der Waals surface area contributed by atoms with E-state index in [2.05, 4.69) is 0 Å². The van der Waals surface area contributed by atoms with Crippen LogP contribution in [0.4, 0.5) is 0 Å². The van der Waals surface area contributed by atoms with Crippen molar-refractivity contribution in [3.63, 3.8) is 0 Å². The molecule has 0 N–H and O–H groups in total. The first-order valence-corrected chi connectivity index (χ1v) is 5.29. The highest BCUT2D eigenvalue weighted by molar-refractivity contribution is 5.80. The summed E-state index contributed by atoms with van der Waals surface area (Å²) >= 11 is 0. The lowest BCUT2D eigenvalue weighted by molar-refractivity contribution is -0.142. The predicted molar refractivity (Wildman–Crippen MR) is 57.9 cm³/mol. The molecule has 1 atom stereocenters. The van der Waals surface area contributed by atoms with E-state index in [1.807, 2.05) is 6.07 Å². The summed E-state index contributed by atoms with van der Waals surface area (Å²) in [5, 5.41) is 0. The van der Waals surface area contributed by atoms with Gasteiger partial charge in [-0.15, -0.1) is 0 Å². The molecular formula is C12H13NO3. The average molecular weight is 219 g/mol. The van der Waals surface area contributed by atoms with Crippen LogP contribution >= 0.6 is 0 Å². The Morgan fingerprint density at radius 3 is 2.81 bits per heavy atom. The van der Waals surface area contributed by atoms with Gasteiger partial charge in [0.05, 0.1) is 0 Å². The van der Waals surface area contributed by atoms with Crippen LogP contribution in [0.15, 0.2) is 30.3 Å². The zero-order valence-electron chi connectivity index (χ0n) is 8.83. The Morgan fingerprint density at radius 1 is 1.38 bits per heavy atom. The molecule has 0 aromatic heterocycles. The second kappa shape index (κ2) is 4.79. The Kier molecular flexibility index (Phi) is 3.19. The van der Waals surface area contributed by atoms with Crippen molar-refractivity contribution in [1.82, 2.24) is 4.90 Å². The lowest BCUT2D eigenvalue weighted by Gasteiger charge is -2.17. The summed E-state index contributed by atoms with van der Waals surface area (Å²) in [6.45, 7) is 0.637. The Morgan fingerprint density at radius 2 is 2.12 bits per heavy atom. The number of hydrogen-bond acceptors (Lipinski definition) is 3. The van der Waals surface area contributed by atoms with Gasteiger partial charge in [-0.05, 0) is 25.0 Å². The van der Waals surface area contributed by atoms with Gasteiger partial charge in [-0.3, -0.25) is 4.79 Å². The van der Waals surface area contributed by atoms with Crippen molar-refractivity contribution < 1.29 is 14.3 Å². The van der Waals surface area contributed by atoms with E-state index in [1.54, 1.807) is 24.3 Å². The molecule has 1 heterocycles. The van der Waals surface area contributed by atoms with Crippen LogP contribution in [0, 0.1) is 0 Å². The first kappa shape index (κ1) is 10.7. The SMILES string of the molecule is O=CN1CCCC1C(=O)Oc1ccccc1. The van der Waals surface area contributed by atoms with Crippen LogP contribution in [0.2, 0.25) is 0 Å². The molecule has 1 aromatic carbocycles. The fraction of sp³-hybridized carbons (Fsp3) is 0.333. The number of nitrogens with zero attached hydrogens (tertiary/aromatic N) is 1. The molecule has 0 radical (unpaired) electrons. The number of hydrogen-bond donors (Lipinski definition) is 0. The second-order valence-corrected chi connectivity index (χ2v) is 3.74. The summed E-state index contributed by atoms with van der Waals surface area (Å²) in [6.07, 6.45) is 2.25. The number of carbonyl (C=O) groups is 2. The number of benzene rings is 1. The number of rotatable bonds is 3. The summed E-state index contributed by atoms with van der Waals surface area (Å²) in [7, 11) is 0. The van der Waals surface area contributed by atoms with Crippen LogP contribution in [0.25, 0.3) is 0 Å². The molecule has 1 amide bonds. The molecule has 0 spiro atoms. The van der Waals surface area contributed by atoms with Gasteiger partial charge in [-0.1, -0.05) is 18.2 Å². The molecule has 4 heteroatoms. The molecular weight excluding hydrogens is 206 g/mol. The normalized spacial score (nSPS) is 19.5. The van der Waals surface area contributed by atoms with Crippen LogP contribution in [-0.2, 0) is 9.59 Å². The molecule has 1 saturated heterocycles.